The highest BCUT2D eigenvalue weighted by Gasteiger charge is 2.18. The zero-order valence-corrected chi connectivity index (χ0v) is 13.6. The first-order chi connectivity index (χ1) is 11.2. The Morgan fingerprint density at radius 3 is 2.83 bits per heavy atom. The van der Waals surface area contributed by atoms with Gasteiger partial charge < -0.3 is 10.1 Å². The molecule has 6 nitrogen and oxygen atoms in total. The molecule has 0 spiro atoms. The maximum Gasteiger partial charge on any atom is 0.358 e. The van der Waals surface area contributed by atoms with E-state index in [2.05, 4.69) is 20.3 Å². The average Bonchev–Trinajstić information content (AvgIpc) is 3.03. The number of nitrogens with zero attached hydrogens (tertiary/aromatic N) is 3. The van der Waals surface area contributed by atoms with E-state index in [4.69, 9.17) is 4.74 Å². The summed E-state index contributed by atoms with van der Waals surface area (Å²) in [6.45, 7) is 4.09. The third-order valence-corrected chi connectivity index (χ3v) is 4.23. The molecular formula is C16H16N4O2S. The van der Waals surface area contributed by atoms with Crippen LogP contribution >= 0.6 is 11.3 Å². The molecule has 0 unspecified atom stereocenters. The smallest absolute Gasteiger partial charge is 0.358 e. The van der Waals surface area contributed by atoms with Crippen molar-refractivity contribution in [3.63, 3.8) is 0 Å². The summed E-state index contributed by atoms with van der Waals surface area (Å²) in [6, 6.07) is 5.70. The van der Waals surface area contributed by atoms with Gasteiger partial charge in [-0.3, -0.25) is 4.98 Å². The van der Waals surface area contributed by atoms with Crippen molar-refractivity contribution in [2.45, 2.75) is 19.9 Å². The van der Waals surface area contributed by atoms with E-state index in [0.29, 0.717) is 18.2 Å². The van der Waals surface area contributed by atoms with Crippen molar-refractivity contribution in [1.29, 1.82) is 0 Å². The van der Waals surface area contributed by atoms with E-state index in [1.807, 2.05) is 30.5 Å². The summed E-state index contributed by atoms with van der Waals surface area (Å²) in [5.41, 5.74) is 2.10. The number of anilines is 1. The Bertz CT molecular complexity index is 819. The first kappa shape index (κ1) is 15.4. The maximum atomic E-state index is 12.1. The van der Waals surface area contributed by atoms with Crippen LogP contribution in [0.15, 0.2) is 36.0 Å². The molecule has 0 bridgehead atoms. The molecule has 3 heterocycles. The molecule has 0 fully saturated rings. The number of hydrogen-bond donors (Lipinski definition) is 1. The quantitative estimate of drug-likeness (QED) is 0.723. The number of hydrogen-bond acceptors (Lipinski definition) is 7. The van der Waals surface area contributed by atoms with Crippen LogP contribution in [-0.2, 0) is 4.74 Å². The molecule has 3 rings (SSSR count). The fourth-order valence-electron chi connectivity index (χ4n) is 2.19. The van der Waals surface area contributed by atoms with Gasteiger partial charge in [0.25, 0.3) is 0 Å². The summed E-state index contributed by atoms with van der Waals surface area (Å²) in [6.07, 6.45) is 3.47. The van der Waals surface area contributed by atoms with Crippen molar-refractivity contribution in [1.82, 2.24) is 15.0 Å². The Morgan fingerprint density at radius 1 is 1.30 bits per heavy atom. The van der Waals surface area contributed by atoms with E-state index >= 15 is 0 Å². The number of fused-ring (bicyclic) bond motifs is 1. The van der Waals surface area contributed by atoms with Crippen molar-refractivity contribution >= 4 is 33.5 Å². The fraction of sp³-hybridized carbons (Fsp3) is 0.250. The minimum Gasteiger partial charge on any atom is -0.461 e. The maximum absolute atomic E-state index is 12.1. The van der Waals surface area contributed by atoms with Crippen LogP contribution in [0, 0.1) is 0 Å². The van der Waals surface area contributed by atoms with Crippen LogP contribution in [0.1, 0.15) is 35.9 Å². The molecule has 3 aromatic rings. The number of carbonyl (C=O) groups is 1. The number of nitrogens with one attached hydrogen (secondary N) is 1. The normalized spacial score (nSPS) is 12.1. The number of aromatic nitrogens is 3. The van der Waals surface area contributed by atoms with Gasteiger partial charge >= 0.3 is 5.97 Å². The van der Waals surface area contributed by atoms with Gasteiger partial charge in [0.15, 0.2) is 5.69 Å². The molecular weight excluding hydrogens is 312 g/mol. The lowest BCUT2D eigenvalue weighted by Crippen LogP contribution is -2.13. The number of esters is 1. The SMILES string of the molecule is CCOC(=O)c1nc(N[C@@H](C)c2ccncc2)nc2ccsc12. The predicted molar refractivity (Wildman–Crippen MR) is 89.6 cm³/mol. The monoisotopic (exact) mass is 328 g/mol. The van der Waals surface area contributed by atoms with E-state index < -0.39 is 5.97 Å². The second-order valence-electron chi connectivity index (χ2n) is 4.90. The Kier molecular flexibility index (Phi) is 4.47. The molecule has 0 radical (unpaired) electrons. The number of rotatable bonds is 5. The van der Waals surface area contributed by atoms with Crippen LogP contribution < -0.4 is 5.32 Å². The lowest BCUT2D eigenvalue weighted by Gasteiger charge is -2.14. The summed E-state index contributed by atoms with van der Waals surface area (Å²) in [5.74, 6) is -0.0229. The molecule has 118 valence electrons. The van der Waals surface area contributed by atoms with Gasteiger partial charge in [0.1, 0.15) is 0 Å². The van der Waals surface area contributed by atoms with Gasteiger partial charge in [-0.1, -0.05) is 0 Å². The minimum absolute atomic E-state index is 0.0101. The molecule has 0 aliphatic heterocycles. The molecule has 1 atom stereocenters. The van der Waals surface area contributed by atoms with Gasteiger partial charge in [-0.25, -0.2) is 14.8 Å². The second kappa shape index (κ2) is 6.70. The zero-order chi connectivity index (χ0) is 16.2. The molecule has 0 saturated heterocycles. The standard InChI is InChI=1S/C16H16N4O2S/c1-3-22-15(21)13-14-12(6-9-23-14)19-16(20-13)18-10(2)11-4-7-17-8-5-11/h4-10H,3H2,1-2H3,(H,18,19,20)/t10-/m0/s1. The molecule has 0 aliphatic carbocycles. The zero-order valence-electron chi connectivity index (χ0n) is 12.8. The van der Waals surface area contributed by atoms with E-state index in [0.717, 1.165) is 15.8 Å². The molecule has 1 N–H and O–H groups in total. The average molecular weight is 328 g/mol. The molecule has 0 aliphatic rings. The lowest BCUT2D eigenvalue weighted by atomic mass is 10.1. The van der Waals surface area contributed by atoms with Gasteiger partial charge in [-0.05, 0) is 43.0 Å². The van der Waals surface area contributed by atoms with Gasteiger partial charge in [-0.15, -0.1) is 11.3 Å². The summed E-state index contributed by atoms with van der Waals surface area (Å²) in [7, 11) is 0. The van der Waals surface area contributed by atoms with E-state index in [9.17, 15) is 4.79 Å². The summed E-state index contributed by atoms with van der Waals surface area (Å²) < 4.78 is 5.83. The van der Waals surface area contributed by atoms with Crippen LogP contribution in [0.3, 0.4) is 0 Å². The van der Waals surface area contributed by atoms with Gasteiger partial charge in [0.2, 0.25) is 5.95 Å². The Labute approximate surface area is 137 Å². The second-order valence-corrected chi connectivity index (χ2v) is 5.81. The van der Waals surface area contributed by atoms with Crippen LogP contribution in [-0.4, -0.2) is 27.5 Å². The van der Waals surface area contributed by atoms with Crippen molar-refractivity contribution in [3.05, 3.63) is 47.2 Å². The van der Waals surface area contributed by atoms with Crippen molar-refractivity contribution in [2.75, 3.05) is 11.9 Å². The number of carbonyl (C=O) groups excluding carboxylic acids is 1. The Hall–Kier alpha value is -2.54. The topological polar surface area (TPSA) is 77.0 Å². The molecule has 7 heteroatoms. The molecule has 0 saturated carbocycles. The van der Waals surface area contributed by atoms with Gasteiger partial charge in [0.05, 0.1) is 22.9 Å². The highest BCUT2D eigenvalue weighted by Crippen LogP contribution is 2.25. The van der Waals surface area contributed by atoms with E-state index in [-0.39, 0.29) is 6.04 Å². The summed E-state index contributed by atoms with van der Waals surface area (Å²) >= 11 is 1.43. The number of thiophene rings is 1. The molecule has 3 aromatic heterocycles. The largest absolute Gasteiger partial charge is 0.461 e. The van der Waals surface area contributed by atoms with Crippen LogP contribution in [0.2, 0.25) is 0 Å². The van der Waals surface area contributed by atoms with Crippen molar-refractivity contribution < 1.29 is 9.53 Å². The van der Waals surface area contributed by atoms with E-state index in [1.165, 1.54) is 11.3 Å². The van der Waals surface area contributed by atoms with Gasteiger partial charge in [-0.2, -0.15) is 0 Å². The summed E-state index contributed by atoms with van der Waals surface area (Å²) in [5, 5.41) is 5.11. The minimum atomic E-state index is -0.429. The van der Waals surface area contributed by atoms with Crippen LogP contribution in [0.4, 0.5) is 5.95 Å². The highest BCUT2D eigenvalue weighted by molar-refractivity contribution is 7.17. The number of pyridine rings is 1. The van der Waals surface area contributed by atoms with Crippen molar-refractivity contribution in [2.24, 2.45) is 0 Å². The van der Waals surface area contributed by atoms with Gasteiger partial charge in [0, 0.05) is 12.4 Å². The molecule has 0 aromatic carbocycles. The number of ether oxygens (including phenoxy) is 1. The Balaban J connectivity index is 1.93. The fourth-order valence-corrected chi connectivity index (χ4v) is 3.00. The Morgan fingerprint density at radius 2 is 2.09 bits per heavy atom. The third-order valence-electron chi connectivity index (χ3n) is 3.32. The van der Waals surface area contributed by atoms with Crippen LogP contribution in [0.5, 0.6) is 0 Å². The molecule has 23 heavy (non-hydrogen) atoms. The first-order valence-electron chi connectivity index (χ1n) is 7.28. The van der Waals surface area contributed by atoms with Crippen LogP contribution in [0.25, 0.3) is 10.2 Å². The lowest BCUT2D eigenvalue weighted by molar-refractivity contribution is 0.0522. The first-order valence-corrected chi connectivity index (χ1v) is 8.16. The predicted octanol–water partition coefficient (Wildman–Crippen LogP) is 3.44. The van der Waals surface area contributed by atoms with E-state index in [1.54, 1.807) is 19.3 Å². The van der Waals surface area contributed by atoms with Crippen molar-refractivity contribution in [3.8, 4) is 0 Å². The highest BCUT2D eigenvalue weighted by atomic mass is 32.1. The summed E-state index contributed by atoms with van der Waals surface area (Å²) in [4.78, 5) is 25.0. The third kappa shape index (κ3) is 3.29. The molecule has 0 amide bonds.